The minimum absolute atomic E-state index is 0.0238. The number of amides is 1. The molecule has 0 aliphatic carbocycles. The molecular formula is C20H20ClN3O2. The lowest BCUT2D eigenvalue weighted by Gasteiger charge is -2.22. The highest BCUT2D eigenvalue weighted by Gasteiger charge is 2.23. The first-order valence-electron chi connectivity index (χ1n) is 8.31. The summed E-state index contributed by atoms with van der Waals surface area (Å²) in [7, 11) is 1.76. The zero-order valence-corrected chi connectivity index (χ0v) is 15.4. The van der Waals surface area contributed by atoms with Gasteiger partial charge in [0.25, 0.3) is 0 Å². The first-order valence-corrected chi connectivity index (χ1v) is 8.69. The summed E-state index contributed by atoms with van der Waals surface area (Å²) in [6.45, 7) is 1.91. The molecule has 3 aromatic rings. The minimum atomic E-state index is -0.426. The van der Waals surface area contributed by atoms with Gasteiger partial charge >= 0.3 is 0 Å². The maximum Gasteiger partial charge on any atom is 0.238 e. The molecule has 0 unspecified atom stereocenters. The first kappa shape index (κ1) is 18.2. The number of hydrogen-bond acceptors (Lipinski definition) is 3. The number of likely N-dealkylation sites (N-methyl/N-ethyl adjacent to an activating group) is 1. The van der Waals surface area contributed by atoms with Crippen LogP contribution in [0.5, 0.6) is 0 Å². The average molecular weight is 370 g/mol. The standard InChI is InChI=1S/C20H20ClN3O2/c1-13(20(26)17-11-22-18-6-4-3-5-16(17)18)24(2)12-19(25)23-15-9-7-14(21)8-10-15/h3-11,13,22H,12H2,1-2H3,(H,23,25)/t13-/m1/s1. The third-order valence-electron chi connectivity index (χ3n) is 4.42. The number of hydrogen-bond donors (Lipinski definition) is 2. The minimum Gasteiger partial charge on any atom is -0.360 e. The third-order valence-corrected chi connectivity index (χ3v) is 4.67. The lowest BCUT2D eigenvalue weighted by atomic mass is 10.0. The fourth-order valence-corrected chi connectivity index (χ4v) is 2.92. The molecule has 0 saturated carbocycles. The lowest BCUT2D eigenvalue weighted by Crippen LogP contribution is -2.40. The van der Waals surface area contributed by atoms with E-state index in [4.69, 9.17) is 11.6 Å². The van der Waals surface area contributed by atoms with Gasteiger partial charge in [-0.3, -0.25) is 14.5 Å². The van der Waals surface area contributed by atoms with Gasteiger partial charge in [0.2, 0.25) is 5.91 Å². The van der Waals surface area contributed by atoms with Crippen LogP contribution in [0, 0.1) is 0 Å². The molecule has 0 saturated heterocycles. The van der Waals surface area contributed by atoms with Crippen molar-refractivity contribution in [2.24, 2.45) is 0 Å². The van der Waals surface area contributed by atoms with E-state index < -0.39 is 6.04 Å². The number of aromatic nitrogens is 1. The van der Waals surface area contributed by atoms with Crippen LogP contribution in [-0.2, 0) is 4.79 Å². The molecule has 1 atom stereocenters. The van der Waals surface area contributed by atoms with Crippen LogP contribution in [0.4, 0.5) is 5.69 Å². The molecule has 0 aliphatic rings. The smallest absolute Gasteiger partial charge is 0.238 e. The second-order valence-corrected chi connectivity index (χ2v) is 6.69. The Balaban J connectivity index is 1.65. The van der Waals surface area contributed by atoms with Gasteiger partial charge in [0.1, 0.15) is 0 Å². The highest BCUT2D eigenvalue weighted by atomic mass is 35.5. The molecule has 2 aromatic carbocycles. The molecule has 5 nitrogen and oxygen atoms in total. The number of ketones is 1. The van der Waals surface area contributed by atoms with Gasteiger partial charge in [-0.25, -0.2) is 0 Å². The summed E-state index contributed by atoms with van der Waals surface area (Å²) in [4.78, 5) is 29.9. The number of rotatable bonds is 6. The summed E-state index contributed by atoms with van der Waals surface area (Å²) < 4.78 is 0. The van der Waals surface area contributed by atoms with Crippen molar-refractivity contribution in [2.75, 3.05) is 18.9 Å². The molecule has 0 spiro atoms. The summed E-state index contributed by atoms with van der Waals surface area (Å²) in [5.41, 5.74) is 2.23. The molecular weight excluding hydrogens is 350 g/mol. The van der Waals surface area contributed by atoms with Crippen LogP contribution in [0.3, 0.4) is 0 Å². The molecule has 0 radical (unpaired) electrons. The van der Waals surface area contributed by atoms with E-state index in [0.29, 0.717) is 16.3 Å². The number of anilines is 1. The molecule has 134 valence electrons. The van der Waals surface area contributed by atoms with Gasteiger partial charge in [0, 0.05) is 33.4 Å². The van der Waals surface area contributed by atoms with E-state index in [1.807, 2.05) is 24.3 Å². The van der Waals surface area contributed by atoms with Crippen molar-refractivity contribution in [1.29, 1.82) is 0 Å². The van der Waals surface area contributed by atoms with Crippen LogP contribution in [0.2, 0.25) is 5.02 Å². The van der Waals surface area contributed by atoms with Gasteiger partial charge in [0.15, 0.2) is 5.78 Å². The van der Waals surface area contributed by atoms with E-state index in [9.17, 15) is 9.59 Å². The molecule has 3 rings (SSSR count). The van der Waals surface area contributed by atoms with Crippen LogP contribution in [0.15, 0.2) is 54.7 Å². The van der Waals surface area contributed by atoms with Crippen LogP contribution in [0.1, 0.15) is 17.3 Å². The van der Waals surface area contributed by atoms with E-state index in [2.05, 4.69) is 10.3 Å². The molecule has 0 aliphatic heterocycles. The molecule has 1 aromatic heterocycles. The Morgan fingerprint density at radius 3 is 2.58 bits per heavy atom. The quantitative estimate of drug-likeness (QED) is 0.646. The third kappa shape index (κ3) is 3.95. The second kappa shape index (κ2) is 7.72. The molecule has 26 heavy (non-hydrogen) atoms. The lowest BCUT2D eigenvalue weighted by molar-refractivity contribution is -0.117. The molecule has 6 heteroatoms. The van der Waals surface area contributed by atoms with Crippen molar-refractivity contribution in [3.05, 3.63) is 65.3 Å². The predicted octanol–water partition coefficient (Wildman–Crippen LogP) is 3.96. The van der Waals surface area contributed by atoms with Crippen LogP contribution >= 0.6 is 11.6 Å². The number of Topliss-reactive ketones (excluding diaryl/α,β-unsaturated/α-hetero) is 1. The molecule has 1 amide bonds. The van der Waals surface area contributed by atoms with Gasteiger partial charge in [0.05, 0.1) is 12.6 Å². The Bertz CT molecular complexity index is 934. The number of fused-ring (bicyclic) bond motifs is 1. The molecule has 0 bridgehead atoms. The van der Waals surface area contributed by atoms with Crippen LogP contribution in [0.25, 0.3) is 10.9 Å². The van der Waals surface area contributed by atoms with E-state index in [1.54, 1.807) is 49.3 Å². The number of benzene rings is 2. The number of nitrogens with one attached hydrogen (secondary N) is 2. The highest BCUT2D eigenvalue weighted by molar-refractivity contribution is 6.30. The summed E-state index contributed by atoms with van der Waals surface area (Å²) >= 11 is 5.84. The number of H-pyrrole nitrogens is 1. The monoisotopic (exact) mass is 369 g/mol. The zero-order chi connectivity index (χ0) is 18.7. The number of carbonyl (C=O) groups is 2. The van der Waals surface area contributed by atoms with Crippen molar-refractivity contribution in [2.45, 2.75) is 13.0 Å². The normalized spacial score (nSPS) is 12.3. The Labute approximate surface area is 157 Å². The fourth-order valence-electron chi connectivity index (χ4n) is 2.80. The largest absolute Gasteiger partial charge is 0.360 e. The van der Waals surface area contributed by atoms with Crippen LogP contribution in [-0.4, -0.2) is 41.2 Å². The predicted molar refractivity (Wildman–Crippen MR) is 105 cm³/mol. The van der Waals surface area contributed by atoms with Gasteiger partial charge in [-0.05, 0) is 44.3 Å². The Morgan fingerprint density at radius 1 is 1.15 bits per heavy atom. The second-order valence-electron chi connectivity index (χ2n) is 6.26. The molecule has 2 N–H and O–H groups in total. The van der Waals surface area contributed by atoms with Crippen molar-refractivity contribution in [3.8, 4) is 0 Å². The van der Waals surface area contributed by atoms with E-state index in [0.717, 1.165) is 10.9 Å². The highest BCUT2D eigenvalue weighted by Crippen LogP contribution is 2.20. The average Bonchev–Trinajstić information content (AvgIpc) is 3.06. The van der Waals surface area contributed by atoms with Crippen molar-refractivity contribution in [3.63, 3.8) is 0 Å². The summed E-state index contributed by atoms with van der Waals surface area (Å²) in [6, 6.07) is 14.1. The molecule has 0 fully saturated rings. The Morgan fingerprint density at radius 2 is 1.85 bits per heavy atom. The topological polar surface area (TPSA) is 65.2 Å². The van der Waals surface area contributed by atoms with E-state index in [-0.39, 0.29) is 18.2 Å². The van der Waals surface area contributed by atoms with Crippen LogP contribution < -0.4 is 5.32 Å². The van der Waals surface area contributed by atoms with Crippen molar-refractivity contribution < 1.29 is 9.59 Å². The summed E-state index contributed by atoms with van der Waals surface area (Å²) in [6.07, 6.45) is 1.73. The number of nitrogens with zero attached hydrogens (tertiary/aromatic N) is 1. The summed E-state index contributed by atoms with van der Waals surface area (Å²) in [5, 5.41) is 4.30. The SMILES string of the molecule is C[C@H](C(=O)c1c[nH]c2ccccc12)N(C)CC(=O)Nc1ccc(Cl)cc1. The van der Waals surface area contributed by atoms with Gasteiger partial charge < -0.3 is 10.3 Å². The number of para-hydroxylation sites is 1. The summed E-state index contributed by atoms with van der Waals surface area (Å²) in [5.74, 6) is -0.211. The Kier molecular flexibility index (Phi) is 5.40. The van der Waals surface area contributed by atoms with E-state index in [1.165, 1.54) is 0 Å². The molecule has 1 heterocycles. The first-order chi connectivity index (χ1) is 12.5. The van der Waals surface area contributed by atoms with Crippen molar-refractivity contribution in [1.82, 2.24) is 9.88 Å². The number of carbonyl (C=O) groups excluding carboxylic acids is 2. The number of aromatic amines is 1. The van der Waals surface area contributed by atoms with E-state index >= 15 is 0 Å². The Hall–Kier alpha value is -2.63. The maximum absolute atomic E-state index is 12.8. The van der Waals surface area contributed by atoms with Gasteiger partial charge in [-0.1, -0.05) is 29.8 Å². The van der Waals surface area contributed by atoms with Gasteiger partial charge in [-0.15, -0.1) is 0 Å². The van der Waals surface area contributed by atoms with Crippen molar-refractivity contribution >= 4 is 39.9 Å². The number of halogens is 1. The fraction of sp³-hybridized carbons (Fsp3) is 0.200. The zero-order valence-electron chi connectivity index (χ0n) is 14.6. The maximum atomic E-state index is 12.8. The van der Waals surface area contributed by atoms with Gasteiger partial charge in [-0.2, -0.15) is 0 Å².